The van der Waals surface area contributed by atoms with Gasteiger partial charge in [0.2, 0.25) is 5.91 Å². The first-order valence-electron chi connectivity index (χ1n) is 7.60. The number of carbonyl (C=O) groups is 1. The second kappa shape index (κ2) is 8.24. The van der Waals surface area contributed by atoms with Crippen LogP contribution in [-0.2, 0) is 4.79 Å². The first-order valence-corrected chi connectivity index (χ1v) is 7.97. The van der Waals surface area contributed by atoms with E-state index in [0.29, 0.717) is 6.42 Å². The predicted octanol–water partition coefficient (Wildman–Crippen LogP) is 2.42. The minimum atomic E-state index is -0.568. The van der Waals surface area contributed by atoms with Crippen molar-refractivity contribution < 1.29 is 14.8 Å². The van der Waals surface area contributed by atoms with Gasteiger partial charge in [-0.05, 0) is 44.4 Å². The third-order valence-corrected chi connectivity index (χ3v) is 4.21. The summed E-state index contributed by atoms with van der Waals surface area (Å²) in [6, 6.07) is 4.44. The number of hydrogen-bond acceptors (Lipinski definition) is 5. The zero-order chi connectivity index (χ0) is 16.8. The molecule has 1 heterocycles. The Kier molecular flexibility index (Phi) is 6.32. The Morgan fingerprint density at radius 2 is 2.30 bits per heavy atom. The number of amides is 1. The Morgan fingerprint density at radius 3 is 3.00 bits per heavy atom. The van der Waals surface area contributed by atoms with E-state index in [1.54, 1.807) is 0 Å². The van der Waals surface area contributed by atoms with Crippen LogP contribution in [-0.4, -0.2) is 46.6 Å². The van der Waals surface area contributed by atoms with E-state index < -0.39 is 4.92 Å². The summed E-state index contributed by atoms with van der Waals surface area (Å²) in [5.41, 5.74) is -0.0698. The van der Waals surface area contributed by atoms with Gasteiger partial charge < -0.3 is 10.4 Å². The predicted molar refractivity (Wildman–Crippen MR) is 87.7 cm³/mol. The summed E-state index contributed by atoms with van der Waals surface area (Å²) in [6.07, 6.45) is 3.59. The quantitative estimate of drug-likeness (QED) is 0.586. The summed E-state index contributed by atoms with van der Waals surface area (Å²) in [7, 11) is 0. The number of rotatable bonds is 7. The fourth-order valence-electron chi connectivity index (χ4n) is 2.89. The molecule has 1 aromatic carbocycles. The van der Waals surface area contributed by atoms with Gasteiger partial charge in [-0.2, -0.15) is 0 Å². The van der Waals surface area contributed by atoms with Gasteiger partial charge in [0.05, 0.1) is 11.5 Å². The number of aliphatic hydroxyl groups is 1. The molecule has 8 heteroatoms. The van der Waals surface area contributed by atoms with Crippen LogP contribution in [0, 0.1) is 10.1 Å². The smallest absolute Gasteiger partial charge is 0.294 e. The first kappa shape index (κ1) is 17.7. The number of nitro groups is 1. The van der Waals surface area contributed by atoms with Crippen LogP contribution in [0.4, 0.5) is 11.4 Å². The molecule has 1 aliphatic heterocycles. The molecule has 1 atom stereocenters. The van der Waals surface area contributed by atoms with Crippen molar-refractivity contribution in [1.82, 2.24) is 4.90 Å². The van der Waals surface area contributed by atoms with Crippen molar-refractivity contribution in [2.24, 2.45) is 0 Å². The molecule has 0 spiro atoms. The maximum absolute atomic E-state index is 12.2. The maximum atomic E-state index is 12.2. The van der Waals surface area contributed by atoms with Gasteiger partial charge in [0.25, 0.3) is 5.69 Å². The monoisotopic (exact) mass is 341 g/mol. The molecule has 2 rings (SSSR count). The second-order valence-electron chi connectivity index (χ2n) is 5.60. The minimum Gasteiger partial charge on any atom is -0.396 e. The van der Waals surface area contributed by atoms with Crippen molar-refractivity contribution in [3.63, 3.8) is 0 Å². The van der Waals surface area contributed by atoms with Gasteiger partial charge in [-0.15, -0.1) is 0 Å². The van der Waals surface area contributed by atoms with Crippen LogP contribution in [0.5, 0.6) is 0 Å². The molecule has 7 nitrogen and oxygen atoms in total. The highest BCUT2D eigenvalue weighted by atomic mass is 35.5. The van der Waals surface area contributed by atoms with Crippen LogP contribution < -0.4 is 5.32 Å². The zero-order valence-corrected chi connectivity index (χ0v) is 13.5. The fourth-order valence-corrected chi connectivity index (χ4v) is 3.06. The molecule has 1 unspecified atom stereocenters. The Morgan fingerprint density at radius 1 is 1.52 bits per heavy atom. The maximum Gasteiger partial charge on any atom is 0.294 e. The molecule has 0 saturated carbocycles. The van der Waals surface area contributed by atoms with E-state index in [9.17, 15) is 14.9 Å². The lowest BCUT2D eigenvalue weighted by Crippen LogP contribution is -2.37. The normalized spacial score (nSPS) is 18.1. The minimum absolute atomic E-state index is 0.146. The molecule has 1 fully saturated rings. The molecule has 0 radical (unpaired) electrons. The van der Waals surface area contributed by atoms with Crippen molar-refractivity contribution in [1.29, 1.82) is 0 Å². The number of anilines is 1. The topological polar surface area (TPSA) is 95.7 Å². The van der Waals surface area contributed by atoms with E-state index in [1.807, 2.05) is 0 Å². The summed E-state index contributed by atoms with van der Waals surface area (Å²) in [6.45, 7) is 1.16. The number of aliphatic hydroxyl groups excluding tert-OH is 1. The van der Waals surface area contributed by atoms with Crippen LogP contribution in [0.2, 0.25) is 5.02 Å². The molecule has 0 aromatic heterocycles. The molecule has 1 saturated heterocycles. The lowest BCUT2D eigenvalue weighted by atomic mass is 10.1. The highest BCUT2D eigenvalue weighted by Crippen LogP contribution is 2.28. The highest BCUT2D eigenvalue weighted by molar-refractivity contribution is 6.31. The van der Waals surface area contributed by atoms with Crippen LogP contribution in [0.1, 0.15) is 25.7 Å². The Bertz CT molecular complexity index is 582. The molecular weight excluding hydrogens is 322 g/mol. The number of nitro benzene ring substituents is 1. The average molecular weight is 342 g/mol. The average Bonchev–Trinajstić information content (AvgIpc) is 2.93. The third kappa shape index (κ3) is 4.89. The molecule has 2 N–H and O–H groups in total. The van der Waals surface area contributed by atoms with E-state index >= 15 is 0 Å². The van der Waals surface area contributed by atoms with Gasteiger partial charge in [0.15, 0.2) is 0 Å². The standard InChI is InChI=1S/C15H20ClN3O4/c16-11-5-6-13(14(9-11)19(22)23)17-15(21)10-18-7-1-3-12(18)4-2-8-20/h5-6,9,12,20H,1-4,7-8,10H2,(H,17,21). The summed E-state index contributed by atoms with van der Waals surface area (Å²) < 4.78 is 0. The second-order valence-corrected chi connectivity index (χ2v) is 6.04. The number of halogens is 1. The van der Waals surface area contributed by atoms with Crippen molar-refractivity contribution in [3.05, 3.63) is 33.3 Å². The van der Waals surface area contributed by atoms with Crippen molar-refractivity contribution >= 4 is 28.9 Å². The summed E-state index contributed by atoms with van der Waals surface area (Å²) in [4.78, 5) is 24.7. The van der Waals surface area contributed by atoms with E-state index in [-0.39, 0.29) is 41.5 Å². The van der Waals surface area contributed by atoms with Crippen molar-refractivity contribution in [3.8, 4) is 0 Å². The van der Waals surface area contributed by atoms with Gasteiger partial charge in [-0.3, -0.25) is 19.8 Å². The van der Waals surface area contributed by atoms with Crippen molar-refractivity contribution in [2.45, 2.75) is 31.7 Å². The third-order valence-electron chi connectivity index (χ3n) is 3.97. The van der Waals surface area contributed by atoms with E-state index in [2.05, 4.69) is 10.2 Å². The lowest BCUT2D eigenvalue weighted by molar-refractivity contribution is -0.383. The van der Waals surface area contributed by atoms with Gasteiger partial charge in [-0.1, -0.05) is 11.6 Å². The van der Waals surface area contributed by atoms with E-state index in [0.717, 1.165) is 25.8 Å². The van der Waals surface area contributed by atoms with Gasteiger partial charge in [-0.25, -0.2) is 0 Å². The molecule has 1 aromatic rings. The van der Waals surface area contributed by atoms with Crippen LogP contribution >= 0.6 is 11.6 Å². The molecule has 126 valence electrons. The van der Waals surface area contributed by atoms with Crippen LogP contribution in [0.3, 0.4) is 0 Å². The molecule has 23 heavy (non-hydrogen) atoms. The van der Waals surface area contributed by atoms with Crippen LogP contribution in [0.25, 0.3) is 0 Å². The number of benzene rings is 1. The van der Waals surface area contributed by atoms with Gasteiger partial charge in [0, 0.05) is 23.7 Å². The zero-order valence-electron chi connectivity index (χ0n) is 12.7. The van der Waals surface area contributed by atoms with Gasteiger partial charge >= 0.3 is 0 Å². The highest BCUT2D eigenvalue weighted by Gasteiger charge is 2.26. The van der Waals surface area contributed by atoms with E-state index in [1.165, 1.54) is 18.2 Å². The molecule has 0 aliphatic carbocycles. The molecule has 1 aliphatic rings. The van der Waals surface area contributed by atoms with Crippen molar-refractivity contribution in [2.75, 3.05) is 25.0 Å². The summed E-state index contributed by atoms with van der Waals surface area (Å²) >= 11 is 5.76. The first-order chi connectivity index (χ1) is 11.0. The molecular formula is C15H20ClN3O4. The van der Waals surface area contributed by atoms with E-state index in [4.69, 9.17) is 16.7 Å². The summed E-state index contributed by atoms with van der Waals surface area (Å²) in [5, 5.41) is 22.8. The fraction of sp³-hybridized carbons (Fsp3) is 0.533. The number of nitrogens with zero attached hydrogens (tertiary/aromatic N) is 2. The largest absolute Gasteiger partial charge is 0.396 e. The Hall–Kier alpha value is -1.70. The number of likely N-dealkylation sites (tertiary alicyclic amines) is 1. The van der Waals surface area contributed by atoms with Gasteiger partial charge in [0.1, 0.15) is 5.69 Å². The SMILES string of the molecule is O=C(CN1CCCC1CCCO)Nc1ccc(Cl)cc1[N+](=O)[O-]. The number of nitrogens with one attached hydrogen (secondary N) is 1. The summed E-state index contributed by atoms with van der Waals surface area (Å²) in [5.74, 6) is -0.286. The molecule has 0 bridgehead atoms. The lowest BCUT2D eigenvalue weighted by Gasteiger charge is -2.23. The Balaban J connectivity index is 1.98. The number of carbonyl (C=O) groups excluding carboxylic acids is 1. The Labute approximate surface area is 139 Å². The number of hydrogen-bond donors (Lipinski definition) is 2. The van der Waals surface area contributed by atoms with Crippen LogP contribution in [0.15, 0.2) is 18.2 Å². The molecule has 1 amide bonds.